The van der Waals surface area contributed by atoms with Gasteiger partial charge in [-0.15, -0.1) is 0 Å². The third-order valence-electron chi connectivity index (χ3n) is 3.88. The number of carboxylic acids is 1. The number of carbonyl (C=O) groups excluding carboxylic acids is 1. The summed E-state index contributed by atoms with van der Waals surface area (Å²) in [6.07, 6.45) is 1.65. The number of carboxylic acid groups (broad SMARTS) is 1. The highest BCUT2D eigenvalue weighted by molar-refractivity contribution is 6.04. The Kier molecular flexibility index (Phi) is 3.72. The van der Waals surface area contributed by atoms with Gasteiger partial charge in [-0.3, -0.25) is 4.79 Å². The third kappa shape index (κ3) is 2.80. The summed E-state index contributed by atoms with van der Waals surface area (Å²) in [6, 6.07) is 10.3. The fourth-order valence-electron chi connectivity index (χ4n) is 2.62. The molecule has 0 aliphatic rings. The molecule has 2 aromatic heterocycles. The van der Waals surface area contributed by atoms with Crippen LogP contribution in [0.2, 0.25) is 0 Å². The number of hydrogen-bond donors (Lipinski definition) is 2. The molecule has 0 amide bonds. The lowest BCUT2D eigenvalue weighted by Gasteiger charge is -2.14. The first kappa shape index (κ1) is 15.9. The van der Waals surface area contributed by atoms with Crippen LogP contribution in [0.25, 0.3) is 22.2 Å². The van der Waals surface area contributed by atoms with Gasteiger partial charge in [0.1, 0.15) is 5.65 Å². The van der Waals surface area contributed by atoms with Crippen molar-refractivity contribution in [2.45, 2.75) is 20.8 Å². The van der Waals surface area contributed by atoms with Crippen molar-refractivity contribution in [3.63, 3.8) is 0 Å². The minimum Gasteiger partial charge on any atom is -0.478 e. The second-order valence-electron chi connectivity index (χ2n) is 6.77. The van der Waals surface area contributed by atoms with Gasteiger partial charge in [-0.05, 0) is 35.4 Å². The highest BCUT2D eigenvalue weighted by Gasteiger charge is 2.25. The zero-order valence-corrected chi connectivity index (χ0v) is 13.8. The van der Waals surface area contributed by atoms with E-state index in [1.54, 1.807) is 30.5 Å². The number of pyridine rings is 1. The van der Waals surface area contributed by atoms with Crippen molar-refractivity contribution in [2.75, 3.05) is 0 Å². The van der Waals surface area contributed by atoms with Gasteiger partial charge >= 0.3 is 5.97 Å². The molecular weight excluding hydrogens is 304 g/mol. The molecule has 0 bridgehead atoms. The van der Waals surface area contributed by atoms with E-state index >= 15 is 0 Å². The van der Waals surface area contributed by atoms with Crippen molar-refractivity contribution in [1.29, 1.82) is 0 Å². The molecule has 5 heteroatoms. The molecule has 0 saturated carbocycles. The molecule has 0 saturated heterocycles. The Morgan fingerprint density at radius 3 is 2.54 bits per heavy atom. The topological polar surface area (TPSA) is 83.1 Å². The Hall–Kier alpha value is -2.95. The van der Waals surface area contributed by atoms with Crippen LogP contribution >= 0.6 is 0 Å². The van der Waals surface area contributed by atoms with Crippen molar-refractivity contribution in [3.05, 3.63) is 53.9 Å². The maximum absolute atomic E-state index is 12.5. The summed E-state index contributed by atoms with van der Waals surface area (Å²) in [5, 5.41) is 9.97. The average Bonchev–Trinajstić information content (AvgIpc) is 2.97. The molecule has 0 atom stereocenters. The van der Waals surface area contributed by atoms with Crippen LogP contribution in [0.1, 0.15) is 41.6 Å². The molecule has 3 rings (SSSR count). The molecule has 0 unspecified atom stereocenters. The summed E-state index contributed by atoms with van der Waals surface area (Å²) in [4.78, 5) is 31.0. The third-order valence-corrected chi connectivity index (χ3v) is 3.88. The first-order valence-corrected chi connectivity index (χ1v) is 7.63. The molecule has 2 N–H and O–H groups in total. The van der Waals surface area contributed by atoms with Gasteiger partial charge in [-0.1, -0.05) is 32.9 Å². The molecule has 0 spiro atoms. The van der Waals surface area contributed by atoms with E-state index in [-0.39, 0.29) is 11.3 Å². The van der Waals surface area contributed by atoms with Crippen LogP contribution in [0.3, 0.4) is 0 Å². The van der Waals surface area contributed by atoms with Crippen LogP contribution < -0.4 is 0 Å². The van der Waals surface area contributed by atoms with E-state index in [1.807, 2.05) is 32.9 Å². The van der Waals surface area contributed by atoms with Crippen LogP contribution in [0.4, 0.5) is 0 Å². The molecule has 0 fully saturated rings. The SMILES string of the molecule is CC(C)(C)C(=O)c1cc2c(-c3cccc(C(=O)O)c3)ccnc2[nH]1. The van der Waals surface area contributed by atoms with Crippen LogP contribution in [0.5, 0.6) is 0 Å². The Balaban J connectivity index is 2.16. The number of aromatic nitrogens is 2. The zero-order valence-electron chi connectivity index (χ0n) is 13.8. The smallest absolute Gasteiger partial charge is 0.335 e. The maximum atomic E-state index is 12.5. The predicted molar refractivity (Wildman–Crippen MR) is 92.3 cm³/mol. The zero-order chi connectivity index (χ0) is 17.5. The van der Waals surface area contributed by atoms with E-state index in [1.165, 1.54) is 0 Å². The van der Waals surface area contributed by atoms with Crippen molar-refractivity contribution in [2.24, 2.45) is 5.41 Å². The Morgan fingerprint density at radius 2 is 1.88 bits per heavy atom. The van der Waals surface area contributed by atoms with Gasteiger partial charge < -0.3 is 10.1 Å². The molecule has 3 aromatic rings. The summed E-state index contributed by atoms with van der Waals surface area (Å²) in [7, 11) is 0. The van der Waals surface area contributed by atoms with Gasteiger partial charge in [0.25, 0.3) is 0 Å². The number of Topliss-reactive ketones (excluding diaryl/α,β-unsaturated/α-hetero) is 1. The van der Waals surface area contributed by atoms with E-state index < -0.39 is 11.4 Å². The summed E-state index contributed by atoms with van der Waals surface area (Å²) >= 11 is 0. The lowest BCUT2D eigenvalue weighted by atomic mass is 9.89. The molecule has 0 radical (unpaired) electrons. The van der Waals surface area contributed by atoms with Crippen LogP contribution in [0, 0.1) is 5.41 Å². The molecular formula is C19H18N2O3. The number of carbonyl (C=O) groups is 2. The van der Waals surface area contributed by atoms with Crippen molar-refractivity contribution < 1.29 is 14.7 Å². The van der Waals surface area contributed by atoms with Gasteiger partial charge in [0.15, 0.2) is 5.78 Å². The fraction of sp³-hybridized carbons (Fsp3) is 0.211. The molecule has 1 aromatic carbocycles. The Morgan fingerprint density at radius 1 is 1.12 bits per heavy atom. The molecule has 5 nitrogen and oxygen atoms in total. The number of aromatic amines is 1. The highest BCUT2D eigenvalue weighted by atomic mass is 16.4. The highest BCUT2D eigenvalue weighted by Crippen LogP contribution is 2.30. The van der Waals surface area contributed by atoms with Crippen LogP contribution in [0.15, 0.2) is 42.6 Å². The average molecular weight is 322 g/mol. The van der Waals surface area contributed by atoms with Gasteiger partial charge in [-0.2, -0.15) is 0 Å². The van der Waals surface area contributed by atoms with Crippen LogP contribution in [-0.2, 0) is 0 Å². The van der Waals surface area contributed by atoms with E-state index in [0.717, 1.165) is 16.5 Å². The van der Waals surface area contributed by atoms with Crippen molar-refractivity contribution >= 4 is 22.8 Å². The van der Waals surface area contributed by atoms with Crippen molar-refractivity contribution in [3.8, 4) is 11.1 Å². The number of rotatable bonds is 3. The minimum absolute atomic E-state index is 0.00531. The largest absolute Gasteiger partial charge is 0.478 e. The number of H-pyrrole nitrogens is 1. The van der Waals surface area contributed by atoms with Crippen molar-refractivity contribution in [1.82, 2.24) is 9.97 Å². The van der Waals surface area contributed by atoms with Crippen LogP contribution in [-0.4, -0.2) is 26.8 Å². The van der Waals surface area contributed by atoms with Gasteiger partial charge in [0, 0.05) is 17.0 Å². The molecule has 2 heterocycles. The second kappa shape index (κ2) is 5.60. The fourth-order valence-corrected chi connectivity index (χ4v) is 2.62. The number of hydrogen-bond acceptors (Lipinski definition) is 3. The monoisotopic (exact) mass is 322 g/mol. The maximum Gasteiger partial charge on any atom is 0.335 e. The second-order valence-corrected chi connectivity index (χ2v) is 6.77. The molecule has 0 aliphatic carbocycles. The number of nitrogens with zero attached hydrogens (tertiary/aromatic N) is 1. The summed E-state index contributed by atoms with van der Waals surface area (Å²) in [5.41, 5.74) is 2.46. The van der Waals surface area contributed by atoms with E-state index in [0.29, 0.717) is 11.3 Å². The summed E-state index contributed by atoms with van der Waals surface area (Å²) < 4.78 is 0. The van der Waals surface area contributed by atoms with E-state index in [4.69, 9.17) is 0 Å². The first-order chi connectivity index (χ1) is 11.3. The quantitative estimate of drug-likeness (QED) is 0.709. The predicted octanol–water partition coefficient (Wildman–Crippen LogP) is 4.16. The van der Waals surface area contributed by atoms with E-state index in [2.05, 4.69) is 9.97 Å². The number of fused-ring (bicyclic) bond motifs is 1. The lowest BCUT2D eigenvalue weighted by Crippen LogP contribution is -2.20. The van der Waals surface area contributed by atoms with Gasteiger partial charge in [-0.25, -0.2) is 9.78 Å². The lowest BCUT2D eigenvalue weighted by molar-refractivity contribution is 0.0696. The molecule has 24 heavy (non-hydrogen) atoms. The standard InChI is InChI=1S/C19H18N2O3/c1-19(2,3)16(22)15-10-14-13(7-8-20-17(14)21-15)11-5-4-6-12(9-11)18(23)24/h4-10H,1-3H3,(H,20,21)(H,23,24). The Bertz CT molecular complexity index is 949. The van der Waals surface area contributed by atoms with Gasteiger partial charge in [0.05, 0.1) is 11.3 Å². The van der Waals surface area contributed by atoms with E-state index in [9.17, 15) is 14.7 Å². The Labute approximate surface area is 139 Å². The number of benzene rings is 1. The number of nitrogens with one attached hydrogen (secondary N) is 1. The number of ketones is 1. The van der Waals surface area contributed by atoms with Gasteiger partial charge in [0.2, 0.25) is 0 Å². The summed E-state index contributed by atoms with van der Waals surface area (Å²) in [6.45, 7) is 5.60. The molecule has 0 aliphatic heterocycles. The summed E-state index contributed by atoms with van der Waals surface area (Å²) in [5.74, 6) is -0.967. The minimum atomic E-state index is -0.972. The molecule has 122 valence electrons. The number of aromatic carboxylic acids is 1. The first-order valence-electron chi connectivity index (χ1n) is 7.63. The normalized spacial score (nSPS) is 11.6.